The summed E-state index contributed by atoms with van der Waals surface area (Å²) < 4.78 is 10.8. The molecule has 1 aromatic heterocycles. The number of nitrogens with one attached hydrogen (secondary N) is 1. The van der Waals surface area contributed by atoms with E-state index in [1.165, 1.54) is 4.90 Å². The van der Waals surface area contributed by atoms with Crippen LogP contribution >= 0.6 is 0 Å². The van der Waals surface area contributed by atoms with Crippen LogP contribution in [0.5, 0.6) is 11.5 Å². The van der Waals surface area contributed by atoms with Crippen LogP contribution in [0.2, 0.25) is 0 Å². The Labute approximate surface area is 157 Å². The molecule has 1 unspecified atom stereocenters. The van der Waals surface area contributed by atoms with Crippen molar-refractivity contribution in [2.75, 3.05) is 23.1 Å². The molecule has 1 aliphatic rings. The molecule has 1 atom stereocenters. The number of fused-ring (bicyclic) bond motifs is 1. The number of nitrogens with two attached hydrogens (primary N) is 1. The molecule has 2 amide bonds. The molecule has 0 radical (unpaired) electrons. The molecule has 0 fully saturated rings. The van der Waals surface area contributed by atoms with Gasteiger partial charge >= 0.3 is 0 Å². The number of benzene rings is 1. The number of amides is 2. The monoisotopic (exact) mass is 370 g/mol. The van der Waals surface area contributed by atoms with Crippen LogP contribution in [-0.4, -0.2) is 35.6 Å². The summed E-state index contributed by atoms with van der Waals surface area (Å²) in [4.78, 5) is 31.2. The van der Waals surface area contributed by atoms with E-state index in [0.29, 0.717) is 17.2 Å². The second-order valence-corrected chi connectivity index (χ2v) is 6.74. The molecular weight excluding hydrogens is 348 g/mol. The van der Waals surface area contributed by atoms with Crippen LogP contribution in [-0.2, 0) is 9.59 Å². The third-order valence-corrected chi connectivity index (χ3v) is 4.31. The number of carbonyl (C=O) groups is 2. The zero-order valence-electron chi connectivity index (χ0n) is 15.6. The minimum absolute atomic E-state index is 0.233. The van der Waals surface area contributed by atoms with E-state index in [0.717, 1.165) is 0 Å². The Morgan fingerprint density at radius 1 is 1.26 bits per heavy atom. The molecule has 27 heavy (non-hydrogen) atoms. The summed E-state index contributed by atoms with van der Waals surface area (Å²) in [7, 11) is 1.57. The minimum atomic E-state index is -1.13. The van der Waals surface area contributed by atoms with Gasteiger partial charge in [-0.15, -0.1) is 0 Å². The number of anilines is 3. The Morgan fingerprint density at radius 2 is 1.93 bits per heavy atom. The van der Waals surface area contributed by atoms with E-state index < -0.39 is 11.6 Å². The first-order chi connectivity index (χ1) is 12.7. The maximum Gasteiger partial charge on any atom is 0.272 e. The van der Waals surface area contributed by atoms with Gasteiger partial charge in [0.2, 0.25) is 5.91 Å². The lowest BCUT2D eigenvalue weighted by atomic mass is 10.0. The number of pyridine rings is 1. The number of methoxy groups -OCH3 is 1. The first-order valence-electron chi connectivity index (χ1n) is 8.47. The highest BCUT2D eigenvalue weighted by Gasteiger charge is 2.45. The number of hydrogen-bond donors (Lipinski definition) is 2. The zero-order chi connectivity index (χ0) is 19.8. The highest BCUT2D eigenvalue weighted by Crippen LogP contribution is 2.38. The molecule has 8 nitrogen and oxygen atoms in total. The Balaban J connectivity index is 1.89. The highest BCUT2D eigenvalue weighted by molar-refractivity contribution is 6.08. The van der Waals surface area contributed by atoms with Crippen molar-refractivity contribution in [2.45, 2.75) is 32.4 Å². The van der Waals surface area contributed by atoms with E-state index in [4.69, 9.17) is 15.2 Å². The Bertz CT molecular complexity index is 880. The average molecular weight is 370 g/mol. The third-order valence-electron chi connectivity index (χ3n) is 4.31. The molecule has 0 saturated carbocycles. The van der Waals surface area contributed by atoms with Gasteiger partial charge in [0.1, 0.15) is 17.6 Å². The van der Waals surface area contributed by atoms with Crippen molar-refractivity contribution in [3.05, 3.63) is 36.4 Å². The van der Waals surface area contributed by atoms with Crippen molar-refractivity contribution >= 4 is 29.1 Å². The van der Waals surface area contributed by atoms with Crippen molar-refractivity contribution in [3.63, 3.8) is 0 Å². The number of aromatic nitrogens is 1. The molecule has 0 saturated heterocycles. The number of hydrogen-bond acceptors (Lipinski definition) is 6. The van der Waals surface area contributed by atoms with Gasteiger partial charge in [0, 0.05) is 5.69 Å². The third kappa shape index (κ3) is 3.51. The van der Waals surface area contributed by atoms with Crippen molar-refractivity contribution in [1.82, 2.24) is 4.98 Å². The second-order valence-electron chi connectivity index (χ2n) is 6.74. The van der Waals surface area contributed by atoms with E-state index in [9.17, 15) is 9.59 Å². The van der Waals surface area contributed by atoms with Gasteiger partial charge in [-0.1, -0.05) is 0 Å². The van der Waals surface area contributed by atoms with Gasteiger partial charge in [-0.2, -0.15) is 0 Å². The molecule has 1 aliphatic heterocycles. The number of nitrogen functional groups attached to an aromatic ring is 1. The van der Waals surface area contributed by atoms with Crippen LogP contribution < -0.4 is 25.4 Å². The van der Waals surface area contributed by atoms with Crippen LogP contribution in [0.3, 0.4) is 0 Å². The fraction of sp³-hybridized carbons (Fsp3) is 0.316. The first-order valence-corrected chi connectivity index (χ1v) is 8.47. The van der Waals surface area contributed by atoms with Crippen molar-refractivity contribution in [1.29, 1.82) is 0 Å². The zero-order valence-corrected chi connectivity index (χ0v) is 15.6. The summed E-state index contributed by atoms with van der Waals surface area (Å²) in [5.41, 5.74) is 5.23. The van der Waals surface area contributed by atoms with Crippen LogP contribution in [0.1, 0.15) is 20.8 Å². The predicted molar refractivity (Wildman–Crippen MR) is 102 cm³/mol. The lowest BCUT2D eigenvalue weighted by molar-refractivity contribution is -0.134. The van der Waals surface area contributed by atoms with Gasteiger partial charge in [-0.05, 0) is 57.2 Å². The molecule has 142 valence electrons. The first kappa shape index (κ1) is 18.5. The van der Waals surface area contributed by atoms with Crippen molar-refractivity contribution < 1.29 is 19.1 Å². The smallest absolute Gasteiger partial charge is 0.272 e. The topological polar surface area (TPSA) is 107 Å². The van der Waals surface area contributed by atoms with Gasteiger partial charge in [0.15, 0.2) is 17.2 Å². The maximum absolute atomic E-state index is 12.9. The van der Waals surface area contributed by atoms with Gasteiger partial charge < -0.3 is 20.5 Å². The van der Waals surface area contributed by atoms with E-state index >= 15 is 0 Å². The number of carbonyl (C=O) groups excluding carboxylic acids is 2. The van der Waals surface area contributed by atoms with Crippen LogP contribution in [0.4, 0.5) is 17.3 Å². The average Bonchev–Trinajstić information content (AvgIpc) is 2.63. The van der Waals surface area contributed by atoms with E-state index in [1.54, 1.807) is 64.3 Å². The number of rotatable bonds is 4. The molecular formula is C19H22N4O4. The molecule has 0 bridgehead atoms. The Hall–Kier alpha value is -3.29. The highest BCUT2D eigenvalue weighted by atomic mass is 16.5. The fourth-order valence-corrected chi connectivity index (χ4v) is 2.80. The summed E-state index contributed by atoms with van der Waals surface area (Å²) in [5, 5.41) is 2.80. The van der Waals surface area contributed by atoms with E-state index in [1.807, 2.05) is 0 Å². The van der Waals surface area contributed by atoms with E-state index in [2.05, 4.69) is 10.3 Å². The summed E-state index contributed by atoms with van der Waals surface area (Å²) in [6, 6.07) is 9.33. The summed E-state index contributed by atoms with van der Waals surface area (Å²) in [6.07, 6.45) is 0. The standard InChI is InChI=1S/C19H22N4O4/c1-11(17(24)21-12-5-7-13(26-4)8-6-12)23-16-14(9-10-15(20)22-16)27-19(2,3)18(23)25/h5-11H,1-4H3,(H2,20,22)(H,21,24). The Morgan fingerprint density at radius 3 is 2.56 bits per heavy atom. The van der Waals surface area contributed by atoms with Gasteiger partial charge in [0.05, 0.1) is 7.11 Å². The second kappa shape index (κ2) is 6.79. The van der Waals surface area contributed by atoms with Crippen LogP contribution in [0.15, 0.2) is 36.4 Å². The maximum atomic E-state index is 12.9. The minimum Gasteiger partial charge on any atom is -0.497 e. The molecule has 3 rings (SSSR count). The Kier molecular flexibility index (Phi) is 4.65. The fourth-order valence-electron chi connectivity index (χ4n) is 2.80. The van der Waals surface area contributed by atoms with E-state index in [-0.39, 0.29) is 23.5 Å². The molecule has 0 spiro atoms. The van der Waals surface area contributed by atoms with Gasteiger partial charge in [0.25, 0.3) is 5.91 Å². The number of ether oxygens (including phenoxy) is 2. The van der Waals surface area contributed by atoms with Crippen LogP contribution in [0.25, 0.3) is 0 Å². The quantitative estimate of drug-likeness (QED) is 0.854. The lowest BCUT2D eigenvalue weighted by Crippen LogP contribution is -2.58. The SMILES string of the molecule is COc1ccc(NC(=O)C(C)N2C(=O)C(C)(C)Oc3ccc(N)nc32)cc1. The van der Waals surface area contributed by atoms with Crippen molar-refractivity contribution in [3.8, 4) is 11.5 Å². The predicted octanol–water partition coefficient (Wildman–Crippen LogP) is 2.20. The van der Waals surface area contributed by atoms with Crippen molar-refractivity contribution in [2.24, 2.45) is 0 Å². The number of nitrogens with zero attached hydrogens (tertiary/aromatic N) is 2. The normalized spacial score (nSPS) is 16.1. The van der Waals surface area contributed by atoms with Gasteiger partial charge in [-0.3, -0.25) is 14.5 Å². The largest absolute Gasteiger partial charge is 0.497 e. The summed E-state index contributed by atoms with van der Waals surface area (Å²) >= 11 is 0. The molecule has 1 aromatic carbocycles. The molecule has 3 N–H and O–H groups in total. The van der Waals surface area contributed by atoms with Gasteiger partial charge in [-0.25, -0.2) is 4.98 Å². The lowest BCUT2D eigenvalue weighted by Gasteiger charge is -2.40. The molecule has 0 aliphatic carbocycles. The van der Waals surface area contributed by atoms with Crippen LogP contribution in [0, 0.1) is 0 Å². The molecule has 2 heterocycles. The molecule has 2 aromatic rings. The summed E-state index contributed by atoms with van der Waals surface area (Å²) in [5.74, 6) is 0.818. The summed E-state index contributed by atoms with van der Waals surface area (Å²) in [6.45, 7) is 4.93. The molecule has 8 heteroatoms.